The molecule has 0 unspecified atom stereocenters. The van der Waals surface area contributed by atoms with E-state index in [9.17, 15) is 0 Å². The number of rotatable bonds is 3. The standard InChI is InChI=1S/C16H15ClN2/c1-12-3-6-14(10-18)16(9-12)19(2)11-13-4-7-15(17)8-5-13/h3-9H,11H2,1-2H3. The van der Waals surface area contributed by atoms with Crippen LogP contribution in [0.3, 0.4) is 0 Å². The van der Waals surface area contributed by atoms with Crippen molar-refractivity contribution >= 4 is 17.3 Å². The summed E-state index contributed by atoms with van der Waals surface area (Å²) in [5.41, 5.74) is 3.97. The first-order valence-electron chi connectivity index (χ1n) is 6.06. The number of benzene rings is 2. The van der Waals surface area contributed by atoms with Crippen molar-refractivity contribution in [3.63, 3.8) is 0 Å². The minimum absolute atomic E-state index is 0.696. The summed E-state index contributed by atoms with van der Waals surface area (Å²) in [6.45, 7) is 2.77. The Hall–Kier alpha value is -1.98. The van der Waals surface area contributed by atoms with E-state index >= 15 is 0 Å². The molecule has 0 spiro atoms. The van der Waals surface area contributed by atoms with Crippen molar-refractivity contribution in [1.29, 1.82) is 5.26 Å². The van der Waals surface area contributed by atoms with Gasteiger partial charge in [0, 0.05) is 18.6 Å². The summed E-state index contributed by atoms with van der Waals surface area (Å²) in [5.74, 6) is 0. The predicted molar refractivity (Wildman–Crippen MR) is 79.5 cm³/mol. The van der Waals surface area contributed by atoms with Crippen LogP contribution in [-0.2, 0) is 6.54 Å². The third-order valence-corrected chi connectivity index (χ3v) is 3.27. The zero-order valence-corrected chi connectivity index (χ0v) is 11.8. The molecule has 0 N–H and O–H groups in total. The highest BCUT2D eigenvalue weighted by atomic mass is 35.5. The maximum atomic E-state index is 9.17. The Morgan fingerprint density at radius 3 is 2.47 bits per heavy atom. The molecule has 0 amide bonds. The molecule has 0 fully saturated rings. The SMILES string of the molecule is Cc1ccc(C#N)c(N(C)Cc2ccc(Cl)cc2)c1. The van der Waals surface area contributed by atoms with E-state index in [4.69, 9.17) is 16.9 Å². The molecule has 0 aliphatic carbocycles. The van der Waals surface area contributed by atoms with Crippen LogP contribution in [0.25, 0.3) is 0 Å². The van der Waals surface area contributed by atoms with Gasteiger partial charge in [-0.1, -0.05) is 29.8 Å². The van der Waals surface area contributed by atoms with Crippen LogP contribution in [0.2, 0.25) is 5.02 Å². The quantitative estimate of drug-likeness (QED) is 0.837. The molecular formula is C16H15ClN2. The lowest BCUT2D eigenvalue weighted by Gasteiger charge is -2.21. The maximum Gasteiger partial charge on any atom is 0.101 e. The Morgan fingerprint density at radius 1 is 1.16 bits per heavy atom. The second-order valence-electron chi connectivity index (χ2n) is 4.61. The van der Waals surface area contributed by atoms with Gasteiger partial charge in [0.15, 0.2) is 0 Å². The molecule has 2 aromatic carbocycles. The van der Waals surface area contributed by atoms with Gasteiger partial charge in [-0.05, 0) is 42.3 Å². The van der Waals surface area contributed by atoms with Gasteiger partial charge < -0.3 is 4.90 Å². The predicted octanol–water partition coefficient (Wildman–Crippen LogP) is 4.16. The molecule has 0 bridgehead atoms. The summed E-state index contributed by atoms with van der Waals surface area (Å²) in [4.78, 5) is 2.08. The zero-order chi connectivity index (χ0) is 13.8. The van der Waals surface area contributed by atoms with E-state index in [-0.39, 0.29) is 0 Å². The number of hydrogen-bond donors (Lipinski definition) is 0. The second kappa shape index (κ2) is 5.77. The Kier molecular flexibility index (Phi) is 4.09. The Bertz CT molecular complexity index is 612. The summed E-state index contributed by atoms with van der Waals surface area (Å²) < 4.78 is 0. The lowest BCUT2D eigenvalue weighted by molar-refractivity contribution is 0.920. The number of nitriles is 1. The number of nitrogens with zero attached hydrogens (tertiary/aromatic N) is 2. The molecule has 96 valence electrons. The molecule has 0 saturated heterocycles. The fourth-order valence-corrected chi connectivity index (χ4v) is 2.13. The van der Waals surface area contributed by atoms with Crippen LogP contribution in [0.5, 0.6) is 0 Å². The van der Waals surface area contributed by atoms with E-state index in [1.54, 1.807) is 0 Å². The van der Waals surface area contributed by atoms with Crippen LogP contribution in [0, 0.1) is 18.3 Å². The third kappa shape index (κ3) is 3.27. The lowest BCUT2D eigenvalue weighted by Crippen LogP contribution is -2.17. The van der Waals surface area contributed by atoms with Crippen molar-refractivity contribution in [1.82, 2.24) is 0 Å². The van der Waals surface area contributed by atoms with Crippen LogP contribution in [-0.4, -0.2) is 7.05 Å². The topological polar surface area (TPSA) is 27.0 Å². The summed E-state index contributed by atoms with van der Waals surface area (Å²) in [6, 6.07) is 15.9. The average Bonchev–Trinajstić information content (AvgIpc) is 2.41. The molecule has 0 aliphatic heterocycles. The van der Waals surface area contributed by atoms with Crippen molar-refractivity contribution in [3.05, 3.63) is 64.2 Å². The minimum atomic E-state index is 0.696. The first kappa shape index (κ1) is 13.5. The highest BCUT2D eigenvalue weighted by molar-refractivity contribution is 6.30. The Balaban J connectivity index is 2.25. The van der Waals surface area contributed by atoms with Crippen molar-refractivity contribution < 1.29 is 0 Å². The second-order valence-corrected chi connectivity index (χ2v) is 5.05. The van der Waals surface area contributed by atoms with Crippen LogP contribution >= 0.6 is 11.6 Å². The van der Waals surface area contributed by atoms with Crippen LogP contribution in [0.4, 0.5) is 5.69 Å². The van der Waals surface area contributed by atoms with Gasteiger partial charge in [0.1, 0.15) is 6.07 Å². The molecular weight excluding hydrogens is 256 g/mol. The first-order chi connectivity index (χ1) is 9.10. The number of anilines is 1. The van der Waals surface area contributed by atoms with Gasteiger partial charge >= 0.3 is 0 Å². The van der Waals surface area contributed by atoms with E-state index in [1.165, 1.54) is 0 Å². The molecule has 2 aromatic rings. The Morgan fingerprint density at radius 2 is 1.84 bits per heavy atom. The summed E-state index contributed by atoms with van der Waals surface area (Å²) in [7, 11) is 1.99. The monoisotopic (exact) mass is 270 g/mol. The van der Waals surface area contributed by atoms with Gasteiger partial charge in [-0.2, -0.15) is 5.26 Å². The third-order valence-electron chi connectivity index (χ3n) is 3.02. The van der Waals surface area contributed by atoms with E-state index in [1.807, 2.05) is 56.4 Å². The first-order valence-corrected chi connectivity index (χ1v) is 6.44. The molecule has 2 nitrogen and oxygen atoms in total. The molecule has 0 heterocycles. The fourth-order valence-electron chi connectivity index (χ4n) is 2.00. The minimum Gasteiger partial charge on any atom is -0.369 e. The highest BCUT2D eigenvalue weighted by Gasteiger charge is 2.08. The van der Waals surface area contributed by atoms with Gasteiger partial charge in [0.25, 0.3) is 0 Å². The molecule has 0 saturated carbocycles. The molecule has 3 heteroatoms. The lowest BCUT2D eigenvalue weighted by atomic mass is 10.1. The maximum absolute atomic E-state index is 9.17. The van der Waals surface area contributed by atoms with Crippen molar-refractivity contribution in [2.45, 2.75) is 13.5 Å². The van der Waals surface area contributed by atoms with E-state index in [0.717, 1.165) is 28.4 Å². The largest absolute Gasteiger partial charge is 0.369 e. The van der Waals surface area contributed by atoms with Gasteiger partial charge in [-0.3, -0.25) is 0 Å². The molecule has 2 rings (SSSR count). The number of hydrogen-bond acceptors (Lipinski definition) is 2. The van der Waals surface area contributed by atoms with Crippen LogP contribution in [0.1, 0.15) is 16.7 Å². The van der Waals surface area contributed by atoms with Crippen molar-refractivity contribution in [2.75, 3.05) is 11.9 Å². The van der Waals surface area contributed by atoms with E-state index < -0.39 is 0 Å². The van der Waals surface area contributed by atoms with Crippen LogP contribution < -0.4 is 4.90 Å². The summed E-state index contributed by atoms with van der Waals surface area (Å²) >= 11 is 5.88. The molecule has 0 aliphatic rings. The van der Waals surface area contributed by atoms with Gasteiger partial charge in [0.2, 0.25) is 0 Å². The van der Waals surface area contributed by atoms with Crippen LogP contribution in [0.15, 0.2) is 42.5 Å². The zero-order valence-electron chi connectivity index (χ0n) is 11.0. The fraction of sp³-hybridized carbons (Fsp3) is 0.188. The average molecular weight is 271 g/mol. The smallest absolute Gasteiger partial charge is 0.101 e. The summed E-state index contributed by atoms with van der Waals surface area (Å²) in [6.07, 6.45) is 0. The molecule has 19 heavy (non-hydrogen) atoms. The van der Waals surface area contributed by atoms with Gasteiger partial charge in [0.05, 0.1) is 11.3 Å². The van der Waals surface area contributed by atoms with Gasteiger partial charge in [-0.15, -0.1) is 0 Å². The Labute approximate surface area is 118 Å². The normalized spacial score (nSPS) is 10.0. The van der Waals surface area contributed by atoms with Crippen molar-refractivity contribution in [2.24, 2.45) is 0 Å². The number of halogens is 1. The van der Waals surface area contributed by atoms with E-state index in [2.05, 4.69) is 11.0 Å². The summed E-state index contributed by atoms with van der Waals surface area (Å²) in [5, 5.41) is 9.90. The van der Waals surface area contributed by atoms with E-state index in [0.29, 0.717) is 5.56 Å². The van der Waals surface area contributed by atoms with Crippen molar-refractivity contribution in [3.8, 4) is 6.07 Å². The molecule has 0 radical (unpaired) electrons. The molecule has 0 atom stereocenters. The highest BCUT2D eigenvalue weighted by Crippen LogP contribution is 2.22. The number of aryl methyl sites for hydroxylation is 1. The van der Waals surface area contributed by atoms with Gasteiger partial charge in [-0.25, -0.2) is 0 Å². The molecule has 0 aromatic heterocycles.